The Morgan fingerprint density at radius 1 is 1.34 bits per heavy atom. The summed E-state index contributed by atoms with van der Waals surface area (Å²) >= 11 is 0. The predicted molar refractivity (Wildman–Crippen MR) is 131 cm³/mol. The van der Waals surface area contributed by atoms with Crippen LogP contribution in [-0.4, -0.2) is 59.9 Å². The number of pyridine rings is 2. The SMILES string of the molecule is Cc1c(-c2cc3cc(NC(=O)OC45CCN(C)CC4C5)ncc3c(N)c2F)cnc2c1NCCO2. The molecule has 2 unspecified atom stereocenters. The van der Waals surface area contributed by atoms with Gasteiger partial charge in [-0.1, -0.05) is 0 Å². The second-order valence-electron chi connectivity index (χ2n) is 9.69. The van der Waals surface area contributed by atoms with Gasteiger partial charge >= 0.3 is 6.09 Å². The molecule has 1 amide bonds. The molecule has 2 fully saturated rings. The lowest BCUT2D eigenvalue weighted by Gasteiger charge is -2.28. The molecule has 0 radical (unpaired) electrons. The Morgan fingerprint density at radius 2 is 2.20 bits per heavy atom. The third kappa shape index (κ3) is 3.68. The Hall–Kier alpha value is -3.66. The van der Waals surface area contributed by atoms with E-state index >= 15 is 4.39 Å². The minimum absolute atomic E-state index is 0.00788. The van der Waals surface area contributed by atoms with E-state index in [9.17, 15) is 4.79 Å². The van der Waals surface area contributed by atoms with Crippen LogP contribution in [-0.2, 0) is 4.74 Å². The summed E-state index contributed by atoms with van der Waals surface area (Å²) in [6.07, 6.45) is 4.26. The maximum atomic E-state index is 15.3. The van der Waals surface area contributed by atoms with Crippen molar-refractivity contribution in [3.05, 3.63) is 35.9 Å². The number of fused-ring (bicyclic) bond motifs is 3. The maximum absolute atomic E-state index is 15.3. The van der Waals surface area contributed by atoms with E-state index in [1.807, 2.05) is 6.92 Å². The number of benzene rings is 1. The van der Waals surface area contributed by atoms with Crippen LogP contribution < -0.4 is 21.1 Å². The maximum Gasteiger partial charge on any atom is 0.413 e. The van der Waals surface area contributed by atoms with Crippen LogP contribution in [0.5, 0.6) is 5.88 Å². The van der Waals surface area contributed by atoms with E-state index in [0.29, 0.717) is 52.7 Å². The first-order valence-corrected chi connectivity index (χ1v) is 11.8. The van der Waals surface area contributed by atoms with Crippen LogP contribution >= 0.6 is 0 Å². The molecule has 182 valence electrons. The number of nitrogens with one attached hydrogen (secondary N) is 2. The summed E-state index contributed by atoms with van der Waals surface area (Å²) < 4.78 is 26.7. The molecular weight excluding hydrogens is 451 g/mol. The fourth-order valence-corrected chi connectivity index (χ4v) is 5.29. The van der Waals surface area contributed by atoms with E-state index in [2.05, 4.69) is 32.5 Å². The Morgan fingerprint density at radius 3 is 3.03 bits per heavy atom. The molecular formula is C25H27FN6O3. The van der Waals surface area contributed by atoms with E-state index < -0.39 is 11.9 Å². The number of ether oxygens (including phenoxy) is 2. The normalized spacial score (nSPS) is 23.0. The second kappa shape index (κ2) is 7.94. The summed E-state index contributed by atoms with van der Waals surface area (Å²) in [7, 11) is 2.08. The lowest BCUT2D eigenvalue weighted by Crippen LogP contribution is -2.38. The van der Waals surface area contributed by atoms with Crippen LogP contribution in [0.15, 0.2) is 24.5 Å². The highest BCUT2D eigenvalue weighted by molar-refractivity contribution is 5.99. The summed E-state index contributed by atoms with van der Waals surface area (Å²) in [5, 5.41) is 7.11. The zero-order chi connectivity index (χ0) is 24.3. The van der Waals surface area contributed by atoms with Crippen LogP contribution in [0.2, 0.25) is 0 Å². The number of hydrogen-bond acceptors (Lipinski definition) is 8. The summed E-state index contributed by atoms with van der Waals surface area (Å²) in [6.45, 7) is 4.91. The number of nitrogens with two attached hydrogens (primary N) is 1. The Balaban J connectivity index is 1.30. The molecule has 1 saturated carbocycles. The van der Waals surface area contributed by atoms with Crippen LogP contribution in [0, 0.1) is 18.7 Å². The van der Waals surface area contributed by atoms with Crippen LogP contribution in [0.1, 0.15) is 18.4 Å². The largest absolute Gasteiger partial charge is 0.474 e. The van der Waals surface area contributed by atoms with Gasteiger partial charge in [-0.25, -0.2) is 19.2 Å². The number of piperidine rings is 1. The lowest BCUT2D eigenvalue weighted by atomic mass is 9.97. The second-order valence-corrected chi connectivity index (χ2v) is 9.69. The third-order valence-corrected chi connectivity index (χ3v) is 7.39. The molecule has 2 aliphatic heterocycles. The molecule has 6 rings (SSSR count). The van der Waals surface area contributed by atoms with Gasteiger partial charge in [-0.2, -0.15) is 0 Å². The average Bonchev–Trinajstić information content (AvgIpc) is 3.54. The number of carbonyl (C=O) groups excluding carboxylic acids is 1. The molecule has 1 aromatic carbocycles. The van der Waals surface area contributed by atoms with Crippen LogP contribution in [0.4, 0.5) is 26.4 Å². The molecule has 9 nitrogen and oxygen atoms in total. The summed E-state index contributed by atoms with van der Waals surface area (Å²) in [5.41, 5.74) is 8.29. The summed E-state index contributed by atoms with van der Waals surface area (Å²) in [5.74, 6) is 0.663. The van der Waals surface area contributed by atoms with Gasteiger partial charge in [-0.3, -0.25) is 5.32 Å². The fraction of sp³-hybridized carbons (Fsp3) is 0.400. The zero-order valence-electron chi connectivity index (χ0n) is 19.7. The van der Waals surface area contributed by atoms with Crippen LogP contribution in [0.25, 0.3) is 21.9 Å². The highest BCUT2D eigenvalue weighted by atomic mass is 19.1. The first kappa shape index (κ1) is 21.8. The number of halogens is 1. The highest BCUT2D eigenvalue weighted by Gasteiger charge is 2.59. The molecule has 0 spiro atoms. The predicted octanol–water partition coefficient (Wildman–Crippen LogP) is 3.77. The number of amides is 1. The van der Waals surface area contributed by atoms with Gasteiger partial charge in [0.05, 0.1) is 5.69 Å². The van der Waals surface area contributed by atoms with Crippen molar-refractivity contribution in [3.8, 4) is 17.0 Å². The van der Waals surface area contributed by atoms with Gasteiger partial charge in [0.25, 0.3) is 0 Å². The summed E-state index contributed by atoms with van der Waals surface area (Å²) in [4.78, 5) is 23.5. The van der Waals surface area contributed by atoms with Gasteiger partial charge in [0, 0.05) is 60.9 Å². The number of anilines is 3. The average molecular weight is 479 g/mol. The number of nitrogen functional groups attached to an aromatic ring is 1. The minimum atomic E-state index is -0.540. The van der Waals surface area contributed by atoms with E-state index in [-0.39, 0.29) is 11.3 Å². The minimum Gasteiger partial charge on any atom is -0.474 e. The van der Waals surface area contributed by atoms with Crippen molar-refractivity contribution >= 4 is 34.1 Å². The van der Waals surface area contributed by atoms with Crippen molar-refractivity contribution in [1.29, 1.82) is 0 Å². The van der Waals surface area contributed by atoms with Crippen molar-refractivity contribution in [3.63, 3.8) is 0 Å². The zero-order valence-corrected chi connectivity index (χ0v) is 19.7. The molecule has 2 atom stereocenters. The quantitative estimate of drug-likeness (QED) is 0.488. The fourth-order valence-electron chi connectivity index (χ4n) is 5.29. The van der Waals surface area contributed by atoms with Gasteiger partial charge in [0.15, 0.2) is 5.82 Å². The first-order chi connectivity index (χ1) is 16.8. The molecule has 2 aromatic heterocycles. The van der Waals surface area contributed by atoms with Crippen molar-refractivity contribution in [2.24, 2.45) is 5.92 Å². The third-order valence-electron chi connectivity index (χ3n) is 7.39. The van der Waals surface area contributed by atoms with E-state index in [0.717, 1.165) is 37.2 Å². The highest BCUT2D eigenvalue weighted by Crippen LogP contribution is 2.52. The van der Waals surface area contributed by atoms with E-state index in [1.165, 1.54) is 6.20 Å². The van der Waals surface area contributed by atoms with Gasteiger partial charge in [0.2, 0.25) is 5.88 Å². The van der Waals surface area contributed by atoms with Crippen LogP contribution in [0.3, 0.4) is 0 Å². The molecule has 10 heteroatoms. The molecule has 4 N–H and O–H groups in total. The van der Waals surface area contributed by atoms with Gasteiger partial charge in [-0.05, 0) is 43.5 Å². The molecule has 3 aromatic rings. The van der Waals surface area contributed by atoms with E-state index in [1.54, 1.807) is 18.3 Å². The number of hydrogen-bond donors (Lipinski definition) is 3. The number of aromatic nitrogens is 2. The van der Waals surface area contributed by atoms with Gasteiger partial charge in [0.1, 0.15) is 23.7 Å². The summed E-state index contributed by atoms with van der Waals surface area (Å²) in [6, 6.07) is 3.38. The van der Waals surface area contributed by atoms with Crippen molar-refractivity contribution in [1.82, 2.24) is 14.9 Å². The Kier molecular flexibility index (Phi) is 4.96. The first-order valence-electron chi connectivity index (χ1n) is 11.8. The topological polar surface area (TPSA) is 115 Å². The van der Waals surface area contributed by atoms with Crippen molar-refractivity contribution in [2.75, 3.05) is 49.7 Å². The monoisotopic (exact) mass is 478 g/mol. The Bertz CT molecular complexity index is 1370. The number of carbonyl (C=O) groups is 1. The standard InChI is InChI=1S/C25H27FN6O3/c1-13-17(10-30-23-22(13)28-4-6-34-23)16-7-14-8-19(29-11-18(14)21(27)20(16)26)31-24(33)35-25-3-5-32(2)12-15(25)9-25/h7-8,10-11,15,28H,3-6,9,12,27H2,1-2H3,(H,29,31,33). The lowest BCUT2D eigenvalue weighted by molar-refractivity contribution is 0.0487. The molecule has 1 saturated heterocycles. The molecule has 0 bridgehead atoms. The van der Waals surface area contributed by atoms with E-state index in [4.69, 9.17) is 15.2 Å². The number of nitrogens with zero attached hydrogens (tertiary/aromatic N) is 3. The number of rotatable bonds is 3. The molecule has 4 heterocycles. The van der Waals surface area contributed by atoms with Gasteiger partial charge in [-0.15, -0.1) is 0 Å². The molecule has 35 heavy (non-hydrogen) atoms. The number of likely N-dealkylation sites (tertiary alicyclic amines) is 1. The molecule has 3 aliphatic rings. The molecule has 1 aliphatic carbocycles. The smallest absolute Gasteiger partial charge is 0.413 e. The Labute approximate surface area is 201 Å². The van der Waals surface area contributed by atoms with Gasteiger partial charge < -0.3 is 25.4 Å². The van der Waals surface area contributed by atoms with Crippen molar-refractivity contribution < 1.29 is 18.7 Å². The van der Waals surface area contributed by atoms with Crippen molar-refractivity contribution in [2.45, 2.75) is 25.4 Å².